The summed E-state index contributed by atoms with van der Waals surface area (Å²) in [6, 6.07) is 4.21. The zero-order valence-electron chi connectivity index (χ0n) is 9.45. The van der Waals surface area contributed by atoms with E-state index in [0.29, 0.717) is 0 Å². The summed E-state index contributed by atoms with van der Waals surface area (Å²) < 4.78 is 5.45. The third kappa shape index (κ3) is 3.04. The Morgan fingerprint density at radius 1 is 1.56 bits per heavy atom. The molecule has 1 aliphatic heterocycles. The first-order chi connectivity index (χ1) is 7.85. The first-order valence-corrected chi connectivity index (χ1v) is 6.64. The normalized spacial score (nSPS) is 25.1. The molecule has 2 N–H and O–H groups in total. The van der Waals surface area contributed by atoms with E-state index in [1.54, 1.807) is 11.3 Å². The van der Waals surface area contributed by atoms with E-state index in [0.717, 1.165) is 39.1 Å². The van der Waals surface area contributed by atoms with Crippen molar-refractivity contribution in [1.29, 1.82) is 0 Å². The van der Waals surface area contributed by atoms with Crippen LogP contribution < -0.4 is 5.32 Å². The monoisotopic (exact) mass is 241 g/mol. The maximum Gasteiger partial charge on any atom is 0.0536 e. The van der Waals surface area contributed by atoms with Crippen molar-refractivity contribution in [2.45, 2.75) is 19.4 Å². The van der Waals surface area contributed by atoms with Crippen LogP contribution in [0.1, 0.15) is 17.7 Å². The number of aliphatic hydroxyl groups excluding tert-OH is 1. The highest BCUT2D eigenvalue weighted by Crippen LogP contribution is 2.31. The topological polar surface area (TPSA) is 41.5 Å². The minimum Gasteiger partial charge on any atom is -0.396 e. The van der Waals surface area contributed by atoms with Gasteiger partial charge in [0.2, 0.25) is 0 Å². The van der Waals surface area contributed by atoms with Crippen molar-refractivity contribution in [3.63, 3.8) is 0 Å². The van der Waals surface area contributed by atoms with Crippen molar-refractivity contribution in [3.05, 3.63) is 22.4 Å². The van der Waals surface area contributed by atoms with Crippen LogP contribution >= 0.6 is 11.3 Å². The number of thiophene rings is 1. The zero-order valence-corrected chi connectivity index (χ0v) is 10.3. The maximum atomic E-state index is 9.09. The number of hydrogen-bond donors (Lipinski definition) is 2. The van der Waals surface area contributed by atoms with Gasteiger partial charge >= 0.3 is 0 Å². The molecule has 1 fully saturated rings. The molecule has 16 heavy (non-hydrogen) atoms. The Morgan fingerprint density at radius 3 is 3.12 bits per heavy atom. The first kappa shape index (κ1) is 12.0. The summed E-state index contributed by atoms with van der Waals surface area (Å²) in [5.74, 6) is 0. The third-order valence-corrected chi connectivity index (χ3v) is 4.08. The Morgan fingerprint density at radius 2 is 2.50 bits per heavy atom. The van der Waals surface area contributed by atoms with Crippen LogP contribution in [0.25, 0.3) is 0 Å². The maximum absolute atomic E-state index is 9.09. The lowest BCUT2D eigenvalue weighted by molar-refractivity contribution is 0.124. The van der Waals surface area contributed by atoms with E-state index in [1.807, 2.05) is 0 Å². The molecular formula is C12H19NO2S. The molecular weight excluding hydrogens is 222 g/mol. The molecule has 0 saturated carbocycles. The second-order valence-corrected chi connectivity index (χ2v) is 5.49. The van der Waals surface area contributed by atoms with Crippen LogP contribution in [0, 0.1) is 5.41 Å². The Labute approximate surface area is 100 Å². The Balaban J connectivity index is 1.78. The van der Waals surface area contributed by atoms with E-state index in [9.17, 15) is 0 Å². The average molecular weight is 241 g/mol. The van der Waals surface area contributed by atoms with Crippen molar-refractivity contribution in [3.8, 4) is 0 Å². The predicted octanol–water partition coefficient (Wildman–Crippen LogP) is 1.63. The highest BCUT2D eigenvalue weighted by atomic mass is 32.1. The molecule has 0 aliphatic carbocycles. The van der Waals surface area contributed by atoms with Crippen LogP contribution in [0.2, 0.25) is 0 Å². The quantitative estimate of drug-likeness (QED) is 0.795. The summed E-state index contributed by atoms with van der Waals surface area (Å²) in [7, 11) is 0. The molecule has 2 rings (SSSR count). The van der Waals surface area contributed by atoms with Crippen molar-refractivity contribution >= 4 is 11.3 Å². The molecule has 1 unspecified atom stereocenters. The molecule has 2 heterocycles. The summed E-state index contributed by atoms with van der Waals surface area (Å²) in [5, 5.41) is 14.7. The van der Waals surface area contributed by atoms with Gasteiger partial charge in [-0.25, -0.2) is 0 Å². The Kier molecular flexibility index (Phi) is 4.35. The van der Waals surface area contributed by atoms with Gasteiger partial charge in [-0.3, -0.25) is 0 Å². The molecule has 1 aromatic rings. The lowest BCUT2D eigenvalue weighted by atomic mass is 9.84. The second kappa shape index (κ2) is 5.77. The molecule has 1 atom stereocenters. The van der Waals surface area contributed by atoms with Gasteiger partial charge in [-0.2, -0.15) is 0 Å². The van der Waals surface area contributed by atoms with E-state index in [4.69, 9.17) is 9.84 Å². The number of nitrogens with one attached hydrogen (secondary N) is 1. The van der Waals surface area contributed by atoms with Gasteiger partial charge in [0.25, 0.3) is 0 Å². The van der Waals surface area contributed by atoms with Gasteiger partial charge in [-0.15, -0.1) is 11.3 Å². The Bertz CT molecular complexity index is 294. The van der Waals surface area contributed by atoms with E-state index in [2.05, 4.69) is 22.8 Å². The second-order valence-electron chi connectivity index (χ2n) is 4.46. The molecule has 0 bridgehead atoms. The van der Waals surface area contributed by atoms with E-state index >= 15 is 0 Å². The fraction of sp³-hybridized carbons (Fsp3) is 0.667. The number of aliphatic hydroxyl groups is 1. The summed E-state index contributed by atoms with van der Waals surface area (Å²) in [5.41, 5.74) is 0.159. The summed E-state index contributed by atoms with van der Waals surface area (Å²) in [4.78, 5) is 1.36. The third-order valence-electron chi connectivity index (χ3n) is 3.21. The van der Waals surface area contributed by atoms with Gasteiger partial charge in [0.1, 0.15) is 0 Å². The number of rotatable bonds is 6. The van der Waals surface area contributed by atoms with Gasteiger partial charge in [0.15, 0.2) is 0 Å². The minimum absolute atomic E-state index is 0.159. The van der Waals surface area contributed by atoms with Crippen LogP contribution in [0.15, 0.2) is 17.5 Å². The number of ether oxygens (including phenoxy) is 1. The summed E-state index contributed by atoms with van der Waals surface area (Å²) >= 11 is 1.77. The molecule has 4 heteroatoms. The minimum atomic E-state index is 0.159. The highest BCUT2D eigenvalue weighted by molar-refractivity contribution is 7.09. The molecule has 0 spiro atoms. The highest BCUT2D eigenvalue weighted by Gasteiger charge is 2.33. The summed E-state index contributed by atoms with van der Waals surface area (Å²) in [6.45, 7) is 3.73. The lowest BCUT2D eigenvalue weighted by Crippen LogP contribution is -2.35. The van der Waals surface area contributed by atoms with Crippen molar-refractivity contribution in [2.75, 3.05) is 26.4 Å². The van der Waals surface area contributed by atoms with Crippen molar-refractivity contribution in [2.24, 2.45) is 5.41 Å². The van der Waals surface area contributed by atoms with Gasteiger partial charge in [-0.05, 0) is 24.3 Å². The van der Waals surface area contributed by atoms with Crippen molar-refractivity contribution in [1.82, 2.24) is 5.32 Å². The lowest BCUT2D eigenvalue weighted by Gasteiger charge is -2.26. The number of hydrogen-bond acceptors (Lipinski definition) is 4. The molecule has 0 radical (unpaired) electrons. The van der Waals surface area contributed by atoms with Gasteiger partial charge in [-0.1, -0.05) is 6.07 Å². The van der Waals surface area contributed by atoms with Gasteiger partial charge in [0.05, 0.1) is 6.61 Å². The summed E-state index contributed by atoms with van der Waals surface area (Å²) in [6.07, 6.45) is 1.90. The van der Waals surface area contributed by atoms with E-state index in [-0.39, 0.29) is 12.0 Å². The first-order valence-electron chi connectivity index (χ1n) is 5.76. The van der Waals surface area contributed by atoms with Crippen LogP contribution in [-0.2, 0) is 11.3 Å². The van der Waals surface area contributed by atoms with E-state index in [1.165, 1.54) is 4.88 Å². The zero-order chi connectivity index (χ0) is 11.3. The average Bonchev–Trinajstić information content (AvgIpc) is 2.90. The fourth-order valence-electron chi connectivity index (χ4n) is 2.18. The molecule has 90 valence electrons. The fourth-order valence-corrected chi connectivity index (χ4v) is 2.85. The standard InChI is InChI=1S/C12H19NO2S/c14-5-3-12(4-6-15-10-12)9-13-8-11-2-1-7-16-11/h1-2,7,13-14H,3-6,8-10H2. The largest absolute Gasteiger partial charge is 0.396 e. The van der Waals surface area contributed by atoms with Gasteiger partial charge < -0.3 is 15.2 Å². The molecule has 0 amide bonds. The molecule has 1 saturated heterocycles. The van der Waals surface area contributed by atoms with E-state index < -0.39 is 0 Å². The van der Waals surface area contributed by atoms with Gasteiger partial charge in [0, 0.05) is 36.6 Å². The van der Waals surface area contributed by atoms with Crippen molar-refractivity contribution < 1.29 is 9.84 Å². The molecule has 3 nitrogen and oxygen atoms in total. The molecule has 0 aromatic carbocycles. The molecule has 1 aromatic heterocycles. The smallest absolute Gasteiger partial charge is 0.0536 e. The molecule has 1 aliphatic rings. The van der Waals surface area contributed by atoms with Crippen LogP contribution in [0.3, 0.4) is 0 Å². The predicted molar refractivity (Wildman–Crippen MR) is 65.6 cm³/mol. The van der Waals surface area contributed by atoms with Crippen LogP contribution in [0.4, 0.5) is 0 Å². The SMILES string of the molecule is OCCC1(CNCc2cccs2)CCOC1. The Hall–Kier alpha value is -0.420. The van der Waals surface area contributed by atoms with Crippen LogP contribution in [0.5, 0.6) is 0 Å². The van der Waals surface area contributed by atoms with Crippen LogP contribution in [-0.4, -0.2) is 31.5 Å².